The fraction of sp³-hybridized carbons (Fsp3) is 0.750. The molecule has 2 N–H and O–H groups in total. The molecule has 6 nitrogen and oxygen atoms in total. The van der Waals surface area contributed by atoms with E-state index in [4.69, 9.17) is 5.73 Å². The molecule has 2 atom stereocenters. The number of sulfonamides is 1. The van der Waals surface area contributed by atoms with Gasteiger partial charge >= 0.3 is 0 Å². The average molecular weight is 286 g/mol. The molecule has 0 bridgehead atoms. The van der Waals surface area contributed by atoms with Crippen LogP contribution in [0.5, 0.6) is 0 Å². The van der Waals surface area contributed by atoms with Crippen molar-refractivity contribution in [3.8, 4) is 0 Å². The van der Waals surface area contributed by atoms with Crippen LogP contribution in [-0.4, -0.2) is 41.6 Å². The van der Waals surface area contributed by atoms with E-state index in [-0.39, 0.29) is 10.9 Å². The van der Waals surface area contributed by atoms with Gasteiger partial charge in [-0.1, -0.05) is 6.92 Å². The lowest BCUT2D eigenvalue weighted by Crippen LogP contribution is -2.33. The first kappa shape index (κ1) is 14.5. The summed E-state index contributed by atoms with van der Waals surface area (Å²) in [5, 5.41) is 4.09. The lowest BCUT2D eigenvalue weighted by Gasteiger charge is -2.19. The third kappa shape index (κ3) is 2.98. The molecule has 2 heterocycles. The van der Waals surface area contributed by atoms with Gasteiger partial charge < -0.3 is 5.73 Å². The molecule has 0 aliphatic carbocycles. The van der Waals surface area contributed by atoms with E-state index < -0.39 is 10.0 Å². The van der Waals surface area contributed by atoms with Crippen LogP contribution >= 0.6 is 0 Å². The molecular formula is C12H22N4O2S. The predicted molar refractivity (Wildman–Crippen MR) is 73.0 cm³/mol. The first-order valence-electron chi connectivity index (χ1n) is 6.69. The zero-order chi connectivity index (χ0) is 14.0. The van der Waals surface area contributed by atoms with Crippen LogP contribution in [0, 0.1) is 5.92 Å². The van der Waals surface area contributed by atoms with E-state index in [1.807, 2.05) is 6.92 Å². The highest BCUT2D eigenvalue weighted by molar-refractivity contribution is 7.89. The van der Waals surface area contributed by atoms with Crippen molar-refractivity contribution in [2.75, 3.05) is 13.1 Å². The molecule has 0 amide bonds. The molecule has 1 aromatic rings. The number of rotatable bonds is 5. The summed E-state index contributed by atoms with van der Waals surface area (Å²) in [6.45, 7) is 5.86. The SMILES string of the molecule is CC1CC(C)N(S(=O)(=O)c2cnn(CCCN)c2)C1. The summed E-state index contributed by atoms with van der Waals surface area (Å²) in [6, 6.07) is 0.0624. The topological polar surface area (TPSA) is 81.2 Å². The Bertz CT molecular complexity index is 526. The molecule has 1 fully saturated rings. The summed E-state index contributed by atoms with van der Waals surface area (Å²) in [7, 11) is -3.41. The molecule has 7 heteroatoms. The summed E-state index contributed by atoms with van der Waals surface area (Å²) in [6.07, 6.45) is 4.74. The minimum Gasteiger partial charge on any atom is -0.330 e. The molecule has 1 aliphatic heterocycles. The first-order valence-corrected chi connectivity index (χ1v) is 8.13. The molecule has 0 aromatic carbocycles. The monoisotopic (exact) mass is 286 g/mol. The maximum Gasteiger partial charge on any atom is 0.246 e. The van der Waals surface area contributed by atoms with Gasteiger partial charge in [0.25, 0.3) is 0 Å². The largest absolute Gasteiger partial charge is 0.330 e. The normalized spacial score (nSPS) is 25.0. The van der Waals surface area contributed by atoms with Gasteiger partial charge in [0.15, 0.2) is 0 Å². The molecular weight excluding hydrogens is 264 g/mol. The molecule has 1 aliphatic rings. The van der Waals surface area contributed by atoms with Gasteiger partial charge in [-0.05, 0) is 32.2 Å². The van der Waals surface area contributed by atoms with E-state index in [1.54, 1.807) is 15.2 Å². The van der Waals surface area contributed by atoms with Crippen molar-refractivity contribution in [3.63, 3.8) is 0 Å². The molecule has 0 radical (unpaired) electrons. The zero-order valence-electron chi connectivity index (χ0n) is 11.5. The van der Waals surface area contributed by atoms with Gasteiger partial charge in [-0.15, -0.1) is 0 Å². The van der Waals surface area contributed by atoms with E-state index >= 15 is 0 Å². The highest BCUT2D eigenvalue weighted by atomic mass is 32.2. The van der Waals surface area contributed by atoms with Crippen LogP contribution in [0.1, 0.15) is 26.7 Å². The fourth-order valence-corrected chi connectivity index (χ4v) is 4.30. The van der Waals surface area contributed by atoms with E-state index in [9.17, 15) is 8.42 Å². The first-order chi connectivity index (χ1) is 8.95. The minimum absolute atomic E-state index is 0.0624. The van der Waals surface area contributed by atoms with Crippen LogP contribution in [-0.2, 0) is 16.6 Å². The van der Waals surface area contributed by atoms with Crippen LogP contribution in [0.4, 0.5) is 0 Å². The maximum absolute atomic E-state index is 12.5. The average Bonchev–Trinajstić information content (AvgIpc) is 2.93. The Labute approximate surface area is 114 Å². The molecule has 0 spiro atoms. The second-order valence-corrected chi connectivity index (χ2v) is 7.24. The van der Waals surface area contributed by atoms with Crippen LogP contribution in [0.2, 0.25) is 0 Å². The number of hydrogen-bond donors (Lipinski definition) is 1. The van der Waals surface area contributed by atoms with Crippen LogP contribution < -0.4 is 5.73 Å². The van der Waals surface area contributed by atoms with Gasteiger partial charge in [0.1, 0.15) is 4.90 Å². The van der Waals surface area contributed by atoms with Gasteiger partial charge in [-0.3, -0.25) is 4.68 Å². The molecule has 19 heavy (non-hydrogen) atoms. The Hall–Kier alpha value is -0.920. The van der Waals surface area contributed by atoms with Crippen LogP contribution in [0.15, 0.2) is 17.3 Å². The van der Waals surface area contributed by atoms with Crippen molar-refractivity contribution in [3.05, 3.63) is 12.4 Å². The zero-order valence-corrected chi connectivity index (χ0v) is 12.3. The number of nitrogens with zero attached hydrogens (tertiary/aromatic N) is 3. The number of nitrogens with two attached hydrogens (primary N) is 1. The van der Waals surface area contributed by atoms with Gasteiger partial charge in [0, 0.05) is 25.3 Å². The van der Waals surface area contributed by atoms with Gasteiger partial charge in [0.2, 0.25) is 10.0 Å². The van der Waals surface area contributed by atoms with E-state index in [1.165, 1.54) is 6.20 Å². The van der Waals surface area contributed by atoms with Crippen molar-refractivity contribution < 1.29 is 8.42 Å². The summed E-state index contributed by atoms with van der Waals surface area (Å²) < 4.78 is 28.3. The highest BCUT2D eigenvalue weighted by Gasteiger charge is 2.36. The molecule has 2 unspecified atom stereocenters. The van der Waals surface area contributed by atoms with Crippen molar-refractivity contribution in [1.29, 1.82) is 0 Å². The van der Waals surface area contributed by atoms with E-state index in [0.717, 1.165) is 12.8 Å². The minimum atomic E-state index is -3.41. The Morgan fingerprint density at radius 1 is 1.47 bits per heavy atom. The van der Waals surface area contributed by atoms with Gasteiger partial charge in [-0.2, -0.15) is 9.40 Å². The van der Waals surface area contributed by atoms with Crippen LogP contribution in [0.25, 0.3) is 0 Å². The highest BCUT2D eigenvalue weighted by Crippen LogP contribution is 2.28. The van der Waals surface area contributed by atoms with E-state index in [2.05, 4.69) is 12.0 Å². The quantitative estimate of drug-likeness (QED) is 0.861. The maximum atomic E-state index is 12.5. The fourth-order valence-electron chi connectivity index (χ4n) is 2.59. The van der Waals surface area contributed by atoms with Crippen molar-refractivity contribution in [2.45, 2.75) is 44.2 Å². The summed E-state index contributed by atoms with van der Waals surface area (Å²) in [5.41, 5.74) is 5.43. The Kier molecular flexibility index (Phi) is 4.27. The lowest BCUT2D eigenvalue weighted by molar-refractivity contribution is 0.405. The molecule has 0 saturated carbocycles. The second-order valence-electron chi connectivity index (χ2n) is 5.35. The number of aromatic nitrogens is 2. The smallest absolute Gasteiger partial charge is 0.246 e. The lowest BCUT2D eigenvalue weighted by atomic mass is 10.1. The van der Waals surface area contributed by atoms with Crippen molar-refractivity contribution >= 4 is 10.0 Å². The van der Waals surface area contributed by atoms with E-state index in [0.29, 0.717) is 25.6 Å². The third-order valence-electron chi connectivity index (χ3n) is 3.53. The molecule has 108 valence electrons. The predicted octanol–water partition coefficient (Wildman–Crippen LogP) is 0.651. The van der Waals surface area contributed by atoms with Gasteiger partial charge in [-0.25, -0.2) is 8.42 Å². The number of hydrogen-bond acceptors (Lipinski definition) is 4. The van der Waals surface area contributed by atoms with Gasteiger partial charge in [0.05, 0.1) is 6.20 Å². The molecule has 1 saturated heterocycles. The summed E-state index contributed by atoms with van der Waals surface area (Å²) >= 11 is 0. The van der Waals surface area contributed by atoms with Crippen LogP contribution in [0.3, 0.4) is 0 Å². The Balaban J connectivity index is 2.17. The Morgan fingerprint density at radius 3 is 2.79 bits per heavy atom. The number of aryl methyl sites for hydroxylation is 1. The Morgan fingerprint density at radius 2 is 2.21 bits per heavy atom. The standard InChI is InChI=1S/C12H22N4O2S/c1-10-6-11(2)16(8-10)19(17,18)12-7-14-15(9-12)5-3-4-13/h7,9-11H,3-6,8,13H2,1-2H3. The second kappa shape index (κ2) is 5.60. The molecule has 2 rings (SSSR count). The summed E-state index contributed by atoms with van der Waals surface area (Å²) in [4.78, 5) is 0.283. The van der Waals surface area contributed by atoms with Crippen molar-refractivity contribution in [2.24, 2.45) is 11.7 Å². The van der Waals surface area contributed by atoms with Crippen molar-refractivity contribution in [1.82, 2.24) is 14.1 Å². The summed E-state index contributed by atoms with van der Waals surface area (Å²) in [5.74, 6) is 0.414. The molecule has 1 aromatic heterocycles. The third-order valence-corrected chi connectivity index (χ3v) is 5.47.